The molecule has 1 atom stereocenters. The van der Waals surface area contributed by atoms with E-state index in [-0.39, 0.29) is 0 Å². The lowest BCUT2D eigenvalue weighted by Crippen LogP contribution is -2.31. The van der Waals surface area contributed by atoms with Gasteiger partial charge in [0.15, 0.2) is 0 Å². The van der Waals surface area contributed by atoms with Crippen LogP contribution in [0.3, 0.4) is 0 Å². The molecule has 1 aliphatic rings. The van der Waals surface area contributed by atoms with Gasteiger partial charge in [0.25, 0.3) is 0 Å². The Morgan fingerprint density at radius 3 is 2.62 bits per heavy atom. The monoisotopic (exact) mass is 185 g/mol. The lowest BCUT2D eigenvalue weighted by atomic mass is 9.86. The van der Waals surface area contributed by atoms with Crippen LogP contribution in [0.2, 0.25) is 0 Å². The van der Waals surface area contributed by atoms with Crippen LogP contribution in [-0.4, -0.2) is 37.7 Å². The molecule has 0 N–H and O–H groups in total. The Labute approximate surface area is 82.3 Å². The number of hydrogen-bond acceptors (Lipinski definition) is 2. The Balaban J connectivity index is 2.24. The molecule has 1 aliphatic heterocycles. The van der Waals surface area contributed by atoms with Gasteiger partial charge in [0.05, 0.1) is 6.61 Å². The topological polar surface area (TPSA) is 12.5 Å². The fourth-order valence-electron chi connectivity index (χ4n) is 1.61. The highest BCUT2D eigenvalue weighted by Crippen LogP contribution is 2.31. The minimum atomic E-state index is 0.448. The number of ether oxygens (including phenoxy) is 1. The first-order chi connectivity index (χ1) is 6.03. The predicted octanol–water partition coefficient (Wildman–Crippen LogP) is 2.14. The molecule has 0 spiro atoms. The Kier molecular flexibility index (Phi) is 3.74. The first-order valence-electron chi connectivity index (χ1n) is 5.31. The summed E-state index contributed by atoms with van der Waals surface area (Å²) >= 11 is 0. The van der Waals surface area contributed by atoms with Crippen molar-refractivity contribution in [3.63, 3.8) is 0 Å². The molecule has 1 fully saturated rings. The Morgan fingerprint density at radius 1 is 1.46 bits per heavy atom. The van der Waals surface area contributed by atoms with Crippen LogP contribution in [-0.2, 0) is 4.74 Å². The second-order valence-electron chi connectivity index (χ2n) is 4.94. The molecule has 13 heavy (non-hydrogen) atoms. The standard InChI is InChI=1S/C11H23NO/c1-10(2)12(4)7-5-11(3)6-8-13-9-11/h10H,5-9H2,1-4H3. The highest BCUT2D eigenvalue weighted by molar-refractivity contribution is 4.79. The average molecular weight is 185 g/mol. The van der Waals surface area contributed by atoms with Crippen LogP contribution in [0.5, 0.6) is 0 Å². The fourth-order valence-corrected chi connectivity index (χ4v) is 1.61. The summed E-state index contributed by atoms with van der Waals surface area (Å²) in [5.74, 6) is 0. The summed E-state index contributed by atoms with van der Waals surface area (Å²) in [7, 11) is 2.20. The van der Waals surface area contributed by atoms with Crippen LogP contribution < -0.4 is 0 Å². The van der Waals surface area contributed by atoms with Crippen molar-refractivity contribution in [2.45, 2.75) is 39.7 Å². The largest absolute Gasteiger partial charge is 0.381 e. The van der Waals surface area contributed by atoms with Crippen LogP contribution in [0.25, 0.3) is 0 Å². The van der Waals surface area contributed by atoms with Crippen molar-refractivity contribution in [3.05, 3.63) is 0 Å². The lowest BCUT2D eigenvalue weighted by Gasteiger charge is -2.27. The van der Waals surface area contributed by atoms with Crippen molar-refractivity contribution in [3.8, 4) is 0 Å². The third kappa shape index (κ3) is 3.28. The van der Waals surface area contributed by atoms with Gasteiger partial charge >= 0.3 is 0 Å². The molecule has 2 nitrogen and oxygen atoms in total. The summed E-state index contributed by atoms with van der Waals surface area (Å²) in [4.78, 5) is 2.41. The molecule has 0 aromatic rings. The van der Waals surface area contributed by atoms with Gasteiger partial charge in [-0.25, -0.2) is 0 Å². The van der Waals surface area contributed by atoms with Gasteiger partial charge in [0.2, 0.25) is 0 Å². The Morgan fingerprint density at radius 2 is 2.15 bits per heavy atom. The van der Waals surface area contributed by atoms with E-state index in [1.165, 1.54) is 19.4 Å². The van der Waals surface area contributed by atoms with Gasteiger partial charge in [0, 0.05) is 12.6 Å². The summed E-state index contributed by atoms with van der Waals surface area (Å²) in [6, 6.07) is 0.658. The minimum Gasteiger partial charge on any atom is -0.381 e. The first-order valence-corrected chi connectivity index (χ1v) is 5.31. The van der Waals surface area contributed by atoms with Gasteiger partial charge in [-0.1, -0.05) is 6.92 Å². The van der Waals surface area contributed by atoms with E-state index in [0.717, 1.165) is 13.2 Å². The molecule has 0 aliphatic carbocycles. The van der Waals surface area contributed by atoms with Gasteiger partial charge < -0.3 is 9.64 Å². The van der Waals surface area contributed by atoms with E-state index >= 15 is 0 Å². The molecule has 0 saturated carbocycles. The van der Waals surface area contributed by atoms with Crippen LogP contribution in [0.1, 0.15) is 33.6 Å². The molecule has 1 heterocycles. The average Bonchev–Trinajstić information content (AvgIpc) is 2.48. The summed E-state index contributed by atoms with van der Waals surface area (Å²) in [5, 5.41) is 0. The van der Waals surface area contributed by atoms with Crippen LogP contribution in [0.4, 0.5) is 0 Å². The first kappa shape index (κ1) is 11.0. The third-order valence-electron chi connectivity index (χ3n) is 3.25. The van der Waals surface area contributed by atoms with E-state index in [9.17, 15) is 0 Å². The third-order valence-corrected chi connectivity index (χ3v) is 3.25. The maximum Gasteiger partial charge on any atom is 0.0521 e. The molecule has 0 aromatic carbocycles. The maximum atomic E-state index is 5.43. The van der Waals surface area contributed by atoms with E-state index in [4.69, 9.17) is 4.74 Å². The number of nitrogens with zero attached hydrogens (tertiary/aromatic N) is 1. The molecular formula is C11H23NO. The van der Waals surface area contributed by atoms with Crippen molar-refractivity contribution in [1.29, 1.82) is 0 Å². The van der Waals surface area contributed by atoms with Gasteiger partial charge in [-0.05, 0) is 45.7 Å². The summed E-state index contributed by atoms with van der Waals surface area (Å²) < 4.78 is 5.43. The molecule has 0 radical (unpaired) electrons. The zero-order valence-electron chi connectivity index (χ0n) is 9.47. The lowest BCUT2D eigenvalue weighted by molar-refractivity contribution is 0.142. The van der Waals surface area contributed by atoms with Crippen molar-refractivity contribution in [2.24, 2.45) is 5.41 Å². The van der Waals surface area contributed by atoms with E-state index in [1.807, 2.05) is 0 Å². The predicted molar refractivity (Wildman–Crippen MR) is 55.9 cm³/mol. The Bertz CT molecular complexity index is 150. The normalized spacial score (nSPS) is 29.1. The summed E-state index contributed by atoms with van der Waals surface area (Å²) in [6.07, 6.45) is 2.50. The SMILES string of the molecule is CC(C)N(C)CCC1(C)CCOC1. The zero-order chi connectivity index (χ0) is 9.90. The second kappa shape index (κ2) is 4.43. The Hall–Kier alpha value is -0.0800. The van der Waals surface area contributed by atoms with Gasteiger partial charge in [-0.3, -0.25) is 0 Å². The summed E-state index contributed by atoms with van der Waals surface area (Å²) in [5.41, 5.74) is 0.448. The molecule has 0 amide bonds. The fraction of sp³-hybridized carbons (Fsp3) is 1.00. The van der Waals surface area contributed by atoms with Gasteiger partial charge in [-0.2, -0.15) is 0 Å². The molecular weight excluding hydrogens is 162 g/mol. The smallest absolute Gasteiger partial charge is 0.0521 e. The van der Waals surface area contributed by atoms with Gasteiger partial charge in [0.1, 0.15) is 0 Å². The zero-order valence-corrected chi connectivity index (χ0v) is 9.47. The van der Waals surface area contributed by atoms with Gasteiger partial charge in [-0.15, -0.1) is 0 Å². The highest BCUT2D eigenvalue weighted by atomic mass is 16.5. The van der Waals surface area contributed by atoms with Crippen LogP contribution in [0.15, 0.2) is 0 Å². The van der Waals surface area contributed by atoms with Crippen molar-refractivity contribution in [2.75, 3.05) is 26.8 Å². The molecule has 2 heteroatoms. The second-order valence-corrected chi connectivity index (χ2v) is 4.94. The molecule has 0 aromatic heterocycles. The molecule has 1 saturated heterocycles. The molecule has 78 valence electrons. The summed E-state index contributed by atoms with van der Waals surface area (Å²) in [6.45, 7) is 9.94. The van der Waals surface area contributed by atoms with Crippen molar-refractivity contribution in [1.82, 2.24) is 4.90 Å². The number of hydrogen-bond donors (Lipinski definition) is 0. The van der Waals surface area contributed by atoms with E-state index < -0.39 is 0 Å². The maximum absolute atomic E-state index is 5.43. The number of rotatable bonds is 4. The molecule has 0 bridgehead atoms. The molecule has 1 unspecified atom stereocenters. The van der Waals surface area contributed by atoms with Crippen LogP contribution in [0, 0.1) is 5.41 Å². The van der Waals surface area contributed by atoms with Crippen molar-refractivity contribution >= 4 is 0 Å². The van der Waals surface area contributed by atoms with Crippen molar-refractivity contribution < 1.29 is 4.74 Å². The quantitative estimate of drug-likeness (QED) is 0.665. The van der Waals surface area contributed by atoms with Crippen LogP contribution >= 0.6 is 0 Å². The van der Waals surface area contributed by atoms with E-state index in [0.29, 0.717) is 11.5 Å². The van der Waals surface area contributed by atoms with E-state index in [2.05, 4.69) is 32.7 Å². The molecule has 1 rings (SSSR count). The van der Waals surface area contributed by atoms with E-state index in [1.54, 1.807) is 0 Å². The minimum absolute atomic E-state index is 0.448. The highest BCUT2D eigenvalue weighted by Gasteiger charge is 2.29.